The maximum absolute atomic E-state index is 12.4. The van der Waals surface area contributed by atoms with Crippen molar-refractivity contribution < 1.29 is 19.0 Å². The second kappa shape index (κ2) is 8.73. The fourth-order valence-corrected chi connectivity index (χ4v) is 3.31. The molecule has 1 atom stereocenters. The number of hydrogen-bond donors (Lipinski definition) is 1. The van der Waals surface area contributed by atoms with E-state index in [-0.39, 0.29) is 18.5 Å². The first-order chi connectivity index (χ1) is 12.0. The van der Waals surface area contributed by atoms with Gasteiger partial charge in [-0.25, -0.2) is 0 Å². The van der Waals surface area contributed by atoms with Crippen LogP contribution >= 0.6 is 11.3 Å². The van der Waals surface area contributed by atoms with E-state index < -0.39 is 0 Å². The molecule has 1 amide bonds. The van der Waals surface area contributed by atoms with Crippen LogP contribution in [0.25, 0.3) is 0 Å². The van der Waals surface area contributed by atoms with Crippen LogP contribution in [0.15, 0.2) is 29.6 Å². The van der Waals surface area contributed by atoms with Crippen LogP contribution in [-0.4, -0.2) is 45.7 Å². The van der Waals surface area contributed by atoms with Gasteiger partial charge in [0.1, 0.15) is 0 Å². The van der Waals surface area contributed by atoms with E-state index in [9.17, 15) is 4.79 Å². The highest BCUT2D eigenvalue weighted by atomic mass is 32.1. The van der Waals surface area contributed by atoms with Crippen LogP contribution in [0.3, 0.4) is 0 Å². The summed E-state index contributed by atoms with van der Waals surface area (Å²) < 4.78 is 15.9. The third kappa shape index (κ3) is 4.64. The van der Waals surface area contributed by atoms with Crippen molar-refractivity contribution in [1.82, 2.24) is 4.90 Å². The lowest BCUT2D eigenvalue weighted by atomic mass is 10.2. The standard InChI is InChI=1S/C18H24N2O4S/c1-12(16-7-6-8-25-16)20(2)11-17(21)19-13-9-14(22-3)18(24-5)15(10-13)23-4/h6-10,12H,11H2,1-5H3,(H,19,21). The largest absolute Gasteiger partial charge is 0.493 e. The summed E-state index contributed by atoms with van der Waals surface area (Å²) in [4.78, 5) is 15.6. The van der Waals surface area contributed by atoms with Crippen molar-refractivity contribution in [2.45, 2.75) is 13.0 Å². The molecule has 0 aliphatic rings. The second-order valence-electron chi connectivity index (χ2n) is 5.57. The van der Waals surface area contributed by atoms with Gasteiger partial charge in [0.2, 0.25) is 11.7 Å². The van der Waals surface area contributed by atoms with E-state index in [4.69, 9.17) is 14.2 Å². The lowest BCUT2D eigenvalue weighted by Crippen LogP contribution is -2.31. The second-order valence-corrected chi connectivity index (χ2v) is 6.55. The molecule has 6 nitrogen and oxygen atoms in total. The monoisotopic (exact) mass is 364 g/mol. The summed E-state index contributed by atoms with van der Waals surface area (Å²) in [6.07, 6.45) is 0. The number of anilines is 1. The number of likely N-dealkylation sites (N-methyl/N-ethyl adjacent to an activating group) is 1. The molecule has 0 fully saturated rings. The molecule has 0 saturated heterocycles. The van der Waals surface area contributed by atoms with E-state index in [0.29, 0.717) is 22.9 Å². The minimum atomic E-state index is -0.111. The zero-order valence-corrected chi connectivity index (χ0v) is 16.0. The third-order valence-corrected chi connectivity index (χ3v) is 5.00. The van der Waals surface area contributed by atoms with E-state index in [2.05, 4.69) is 18.3 Å². The minimum Gasteiger partial charge on any atom is -0.493 e. The van der Waals surface area contributed by atoms with Crippen LogP contribution in [0.1, 0.15) is 17.8 Å². The van der Waals surface area contributed by atoms with E-state index in [1.165, 1.54) is 4.88 Å². The highest BCUT2D eigenvalue weighted by Crippen LogP contribution is 2.39. The van der Waals surface area contributed by atoms with Gasteiger partial charge in [0.25, 0.3) is 0 Å². The molecule has 0 aliphatic carbocycles. The molecule has 1 N–H and O–H groups in total. The van der Waals surface area contributed by atoms with Crippen molar-refractivity contribution in [2.24, 2.45) is 0 Å². The number of methoxy groups -OCH3 is 3. The first-order valence-corrected chi connectivity index (χ1v) is 8.71. The molecule has 136 valence electrons. The van der Waals surface area contributed by atoms with Crippen LogP contribution in [-0.2, 0) is 4.79 Å². The molecule has 1 heterocycles. The summed E-state index contributed by atoms with van der Waals surface area (Å²) in [5, 5.41) is 4.92. The predicted molar refractivity (Wildman–Crippen MR) is 100 cm³/mol. The number of nitrogens with one attached hydrogen (secondary N) is 1. The van der Waals surface area contributed by atoms with Crippen molar-refractivity contribution in [1.29, 1.82) is 0 Å². The van der Waals surface area contributed by atoms with Gasteiger partial charge in [-0.1, -0.05) is 6.07 Å². The summed E-state index contributed by atoms with van der Waals surface area (Å²) in [5.74, 6) is 1.38. The van der Waals surface area contributed by atoms with Crippen LogP contribution in [0, 0.1) is 0 Å². The van der Waals surface area contributed by atoms with Crippen molar-refractivity contribution >= 4 is 22.9 Å². The maximum atomic E-state index is 12.4. The number of thiophene rings is 1. The Morgan fingerprint density at radius 1 is 1.20 bits per heavy atom. The van der Waals surface area contributed by atoms with Gasteiger partial charge in [-0.2, -0.15) is 0 Å². The molecule has 0 bridgehead atoms. The van der Waals surface area contributed by atoms with Gasteiger partial charge in [0.15, 0.2) is 11.5 Å². The number of carbonyl (C=O) groups is 1. The summed E-state index contributed by atoms with van der Waals surface area (Å²) in [6.45, 7) is 2.36. The highest BCUT2D eigenvalue weighted by molar-refractivity contribution is 7.10. The Labute approximate surface area is 152 Å². The SMILES string of the molecule is COc1cc(NC(=O)CN(C)C(C)c2cccs2)cc(OC)c1OC. The van der Waals surface area contributed by atoms with Crippen LogP contribution < -0.4 is 19.5 Å². The van der Waals surface area contributed by atoms with Crippen molar-refractivity contribution in [3.05, 3.63) is 34.5 Å². The zero-order chi connectivity index (χ0) is 18.4. The topological polar surface area (TPSA) is 60.0 Å². The lowest BCUT2D eigenvalue weighted by molar-refractivity contribution is -0.117. The molecule has 25 heavy (non-hydrogen) atoms. The van der Waals surface area contributed by atoms with Gasteiger partial charge in [0, 0.05) is 28.7 Å². The molecule has 0 aliphatic heterocycles. The first kappa shape index (κ1) is 19.1. The molecule has 0 saturated carbocycles. The molecule has 1 aromatic heterocycles. The number of benzene rings is 1. The van der Waals surface area contributed by atoms with Gasteiger partial charge >= 0.3 is 0 Å². The number of rotatable bonds is 8. The highest BCUT2D eigenvalue weighted by Gasteiger charge is 2.18. The van der Waals surface area contributed by atoms with Crippen LogP contribution in [0.5, 0.6) is 17.2 Å². The normalized spacial score (nSPS) is 11.9. The van der Waals surface area contributed by atoms with E-state index >= 15 is 0 Å². The fourth-order valence-electron chi connectivity index (χ4n) is 2.46. The molecule has 1 aromatic carbocycles. The van der Waals surface area contributed by atoms with E-state index in [1.54, 1.807) is 44.8 Å². The van der Waals surface area contributed by atoms with E-state index in [0.717, 1.165) is 0 Å². The summed E-state index contributed by atoms with van der Waals surface area (Å²) in [7, 11) is 6.55. The van der Waals surface area contributed by atoms with Crippen LogP contribution in [0.4, 0.5) is 5.69 Å². The molecule has 1 unspecified atom stereocenters. The molecular weight excluding hydrogens is 340 g/mol. The van der Waals surface area contributed by atoms with Gasteiger partial charge < -0.3 is 19.5 Å². The number of carbonyl (C=O) groups excluding carboxylic acids is 1. The summed E-state index contributed by atoms with van der Waals surface area (Å²) >= 11 is 1.68. The van der Waals surface area contributed by atoms with Gasteiger partial charge in [0.05, 0.1) is 27.9 Å². The molecule has 0 radical (unpaired) electrons. The quantitative estimate of drug-likeness (QED) is 0.778. The fraction of sp³-hybridized carbons (Fsp3) is 0.389. The predicted octanol–water partition coefficient (Wildman–Crippen LogP) is 3.41. The Balaban J connectivity index is 2.07. The van der Waals surface area contributed by atoms with Gasteiger partial charge in [-0.05, 0) is 25.4 Å². The van der Waals surface area contributed by atoms with Gasteiger partial charge in [-0.15, -0.1) is 11.3 Å². The lowest BCUT2D eigenvalue weighted by Gasteiger charge is -2.23. The molecule has 0 spiro atoms. The molecule has 7 heteroatoms. The summed E-state index contributed by atoms with van der Waals surface area (Å²) in [6, 6.07) is 7.68. The van der Waals surface area contributed by atoms with Crippen LogP contribution in [0.2, 0.25) is 0 Å². The Hall–Kier alpha value is -2.25. The Morgan fingerprint density at radius 2 is 1.84 bits per heavy atom. The maximum Gasteiger partial charge on any atom is 0.238 e. The Kier molecular flexibility index (Phi) is 6.66. The average molecular weight is 364 g/mol. The molecular formula is C18H24N2O4S. The molecule has 2 aromatic rings. The molecule has 2 rings (SSSR count). The number of amides is 1. The zero-order valence-electron chi connectivity index (χ0n) is 15.2. The number of ether oxygens (including phenoxy) is 3. The van der Waals surface area contributed by atoms with Crippen molar-refractivity contribution in [2.75, 3.05) is 40.2 Å². The van der Waals surface area contributed by atoms with E-state index in [1.807, 2.05) is 23.4 Å². The third-order valence-electron chi connectivity index (χ3n) is 3.96. The number of nitrogens with zero attached hydrogens (tertiary/aromatic N) is 1. The summed E-state index contributed by atoms with van der Waals surface area (Å²) in [5.41, 5.74) is 0.594. The number of hydrogen-bond acceptors (Lipinski definition) is 6. The first-order valence-electron chi connectivity index (χ1n) is 7.83. The Morgan fingerprint density at radius 3 is 2.32 bits per heavy atom. The smallest absolute Gasteiger partial charge is 0.238 e. The van der Waals surface area contributed by atoms with Crippen molar-refractivity contribution in [3.63, 3.8) is 0 Å². The average Bonchev–Trinajstić information content (AvgIpc) is 3.14. The van der Waals surface area contributed by atoms with Gasteiger partial charge in [-0.3, -0.25) is 9.69 Å². The Bertz CT molecular complexity index is 678. The van der Waals surface area contributed by atoms with Crippen molar-refractivity contribution in [3.8, 4) is 17.2 Å². The minimum absolute atomic E-state index is 0.111.